The number of hydrogen-bond donors (Lipinski definition) is 1. The van der Waals surface area contributed by atoms with Gasteiger partial charge in [-0.25, -0.2) is 0 Å². The Kier molecular flexibility index (Phi) is 1.78. The average Bonchev–Trinajstić information content (AvgIpc) is 2.85. The van der Waals surface area contributed by atoms with Gasteiger partial charge in [0.1, 0.15) is 5.76 Å². The molecule has 2 N–H and O–H groups in total. The summed E-state index contributed by atoms with van der Waals surface area (Å²) in [5, 5.41) is 4.09. The fourth-order valence-electron chi connectivity index (χ4n) is 3.37. The molecule has 1 aromatic rings. The Morgan fingerprint density at radius 2 is 2.20 bits per heavy atom. The highest BCUT2D eigenvalue weighted by Gasteiger charge is 2.54. The molecule has 0 saturated heterocycles. The summed E-state index contributed by atoms with van der Waals surface area (Å²) in [6.45, 7) is 4.16. The summed E-state index contributed by atoms with van der Waals surface area (Å²) < 4.78 is 5.38. The first-order valence-corrected chi connectivity index (χ1v) is 5.85. The number of aryl methyl sites for hydroxylation is 2. The maximum atomic E-state index is 6.16. The van der Waals surface area contributed by atoms with Gasteiger partial charge >= 0.3 is 0 Å². The van der Waals surface area contributed by atoms with E-state index in [1.807, 2.05) is 6.92 Å². The number of aromatic nitrogens is 1. The van der Waals surface area contributed by atoms with Crippen molar-refractivity contribution in [3.63, 3.8) is 0 Å². The Bertz CT molecular complexity index is 390. The molecule has 3 rings (SSSR count). The van der Waals surface area contributed by atoms with E-state index in [0.29, 0.717) is 11.3 Å². The highest BCUT2D eigenvalue weighted by atomic mass is 16.5. The number of hydrogen-bond acceptors (Lipinski definition) is 3. The molecule has 15 heavy (non-hydrogen) atoms. The second kappa shape index (κ2) is 2.85. The van der Waals surface area contributed by atoms with Crippen LogP contribution >= 0.6 is 0 Å². The lowest BCUT2D eigenvalue weighted by Gasteiger charge is -2.34. The molecule has 2 aliphatic rings. The van der Waals surface area contributed by atoms with E-state index in [1.54, 1.807) is 0 Å². The maximum absolute atomic E-state index is 6.16. The van der Waals surface area contributed by atoms with Crippen molar-refractivity contribution in [1.29, 1.82) is 0 Å². The van der Waals surface area contributed by atoms with Crippen LogP contribution < -0.4 is 5.73 Å². The normalized spacial score (nSPS) is 28.9. The van der Waals surface area contributed by atoms with E-state index < -0.39 is 0 Å². The van der Waals surface area contributed by atoms with Crippen molar-refractivity contribution in [3.8, 4) is 0 Å². The van der Waals surface area contributed by atoms with Crippen molar-refractivity contribution in [2.75, 3.05) is 0 Å². The van der Waals surface area contributed by atoms with Crippen LogP contribution in [-0.4, -0.2) is 11.2 Å². The molecule has 1 spiro atoms. The molecule has 82 valence electrons. The van der Waals surface area contributed by atoms with Crippen molar-refractivity contribution < 1.29 is 4.52 Å². The van der Waals surface area contributed by atoms with Crippen LogP contribution in [0, 0.1) is 12.3 Å². The van der Waals surface area contributed by atoms with E-state index in [4.69, 9.17) is 10.3 Å². The summed E-state index contributed by atoms with van der Waals surface area (Å²) in [6.07, 6.45) is 4.97. The van der Waals surface area contributed by atoms with Crippen molar-refractivity contribution in [2.45, 2.75) is 51.5 Å². The highest BCUT2D eigenvalue weighted by Crippen LogP contribution is 2.63. The van der Waals surface area contributed by atoms with Crippen LogP contribution in [0.5, 0.6) is 0 Å². The molecule has 1 saturated carbocycles. The summed E-state index contributed by atoms with van der Waals surface area (Å²) in [6, 6.07) is 0.213. The molecule has 3 heteroatoms. The van der Waals surface area contributed by atoms with E-state index in [1.165, 1.54) is 24.8 Å². The monoisotopic (exact) mass is 206 g/mol. The third-order valence-electron chi connectivity index (χ3n) is 4.22. The standard InChI is InChI=1S/C12H18N2O/c1-7(13)11-10-8(2)14-15-9(10)3-4-12(11)5-6-12/h7,11H,3-6,13H2,1-2H3. The molecular weight excluding hydrogens is 188 g/mol. The van der Waals surface area contributed by atoms with Crippen molar-refractivity contribution in [3.05, 3.63) is 17.0 Å². The van der Waals surface area contributed by atoms with Gasteiger partial charge in [-0.2, -0.15) is 0 Å². The lowest BCUT2D eigenvalue weighted by molar-refractivity contribution is 0.281. The smallest absolute Gasteiger partial charge is 0.140 e. The Balaban J connectivity index is 2.10. The molecule has 0 aromatic carbocycles. The first-order valence-electron chi connectivity index (χ1n) is 5.85. The molecule has 1 fully saturated rings. The third-order valence-corrected chi connectivity index (χ3v) is 4.22. The van der Waals surface area contributed by atoms with E-state index in [2.05, 4.69) is 12.1 Å². The number of nitrogens with two attached hydrogens (primary N) is 1. The van der Waals surface area contributed by atoms with Crippen LogP contribution in [0.2, 0.25) is 0 Å². The van der Waals surface area contributed by atoms with E-state index >= 15 is 0 Å². The first-order chi connectivity index (χ1) is 7.14. The highest BCUT2D eigenvalue weighted by molar-refractivity contribution is 5.35. The number of rotatable bonds is 1. The Morgan fingerprint density at radius 3 is 2.80 bits per heavy atom. The fourth-order valence-corrected chi connectivity index (χ4v) is 3.37. The summed E-state index contributed by atoms with van der Waals surface area (Å²) in [5.74, 6) is 1.57. The Morgan fingerprint density at radius 1 is 1.47 bits per heavy atom. The van der Waals surface area contributed by atoms with E-state index in [-0.39, 0.29) is 6.04 Å². The van der Waals surface area contributed by atoms with Gasteiger partial charge in [0.2, 0.25) is 0 Å². The predicted molar refractivity (Wildman–Crippen MR) is 57.6 cm³/mol. The maximum Gasteiger partial charge on any atom is 0.140 e. The van der Waals surface area contributed by atoms with Gasteiger partial charge in [0.15, 0.2) is 0 Å². The van der Waals surface area contributed by atoms with Gasteiger partial charge in [-0.3, -0.25) is 0 Å². The zero-order chi connectivity index (χ0) is 10.6. The van der Waals surface area contributed by atoms with Crippen LogP contribution in [0.4, 0.5) is 0 Å². The average molecular weight is 206 g/mol. The molecule has 1 heterocycles. The second-order valence-electron chi connectivity index (χ2n) is 5.30. The second-order valence-corrected chi connectivity index (χ2v) is 5.30. The topological polar surface area (TPSA) is 52.0 Å². The third kappa shape index (κ3) is 1.19. The molecule has 1 aromatic heterocycles. The quantitative estimate of drug-likeness (QED) is 0.766. The summed E-state index contributed by atoms with van der Waals surface area (Å²) in [5.41, 5.74) is 9.04. The largest absolute Gasteiger partial charge is 0.361 e. The molecular formula is C12H18N2O. The van der Waals surface area contributed by atoms with Crippen LogP contribution in [0.25, 0.3) is 0 Å². The lowest BCUT2D eigenvalue weighted by atomic mass is 9.71. The number of nitrogens with zero attached hydrogens (tertiary/aromatic N) is 1. The minimum atomic E-state index is 0.213. The van der Waals surface area contributed by atoms with Crippen LogP contribution in [-0.2, 0) is 6.42 Å². The van der Waals surface area contributed by atoms with E-state index in [9.17, 15) is 0 Å². The van der Waals surface area contributed by atoms with Gasteiger partial charge in [-0.05, 0) is 38.5 Å². The lowest BCUT2D eigenvalue weighted by Crippen LogP contribution is -2.35. The zero-order valence-corrected chi connectivity index (χ0v) is 9.42. The number of fused-ring (bicyclic) bond motifs is 1. The van der Waals surface area contributed by atoms with Gasteiger partial charge in [0.05, 0.1) is 5.69 Å². The van der Waals surface area contributed by atoms with Gasteiger partial charge in [-0.15, -0.1) is 0 Å². The summed E-state index contributed by atoms with van der Waals surface area (Å²) in [7, 11) is 0. The Hall–Kier alpha value is -0.830. The summed E-state index contributed by atoms with van der Waals surface area (Å²) in [4.78, 5) is 0. The minimum Gasteiger partial charge on any atom is -0.361 e. The molecule has 0 bridgehead atoms. The zero-order valence-electron chi connectivity index (χ0n) is 9.42. The van der Waals surface area contributed by atoms with Gasteiger partial charge in [0, 0.05) is 23.9 Å². The van der Waals surface area contributed by atoms with E-state index in [0.717, 1.165) is 17.9 Å². The molecule has 2 atom stereocenters. The van der Waals surface area contributed by atoms with Crippen LogP contribution in [0.15, 0.2) is 4.52 Å². The molecule has 0 radical (unpaired) electrons. The van der Waals surface area contributed by atoms with Crippen molar-refractivity contribution in [2.24, 2.45) is 11.1 Å². The molecule has 0 aliphatic heterocycles. The van der Waals surface area contributed by atoms with Gasteiger partial charge in [0.25, 0.3) is 0 Å². The predicted octanol–water partition coefficient (Wildman–Crippen LogP) is 2.14. The first kappa shape index (κ1) is 9.40. The van der Waals surface area contributed by atoms with Gasteiger partial charge in [-0.1, -0.05) is 5.16 Å². The SMILES string of the molecule is Cc1noc2c1C(C(C)N)C1(CC2)CC1. The molecule has 3 nitrogen and oxygen atoms in total. The molecule has 2 aliphatic carbocycles. The van der Waals surface area contributed by atoms with Crippen LogP contribution in [0.3, 0.4) is 0 Å². The van der Waals surface area contributed by atoms with Crippen molar-refractivity contribution in [1.82, 2.24) is 5.16 Å². The summed E-state index contributed by atoms with van der Waals surface area (Å²) >= 11 is 0. The fraction of sp³-hybridized carbons (Fsp3) is 0.750. The van der Waals surface area contributed by atoms with Crippen molar-refractivity contribution >= 4 is 0 Å². The Labute approximate surface area is 90.0 Å². The molecule has 0 amide bonds. The minimum absolute atomic E-state index is 0.213. The van der Waals surface area contributed by atoms with Gasteiger partial charge < -0.3 is 10.3 Å². The molecule has 2 unspecified atom stereocenters. The van der Waals surface area contributed by atoms with Crippen LogP contribution in [0.1, 0.15) is 49.1 Å².